The number of benzene rings is 1. The van der Waals surface area contributed by atoms with Gasteiger partial charge in [0.05, 0.1) is 4.92 Å². The number of nitrogen functional groups attached to an aromatic ring is 1. The van der Waals surface area contributed by atoms with E-state index < -0.39 is 39.1 Å². The van der Waals surface area contributed by atoms with E-state index >= 15 is 0 Å². The van der Waals surface area contributed by atoms with Crippen molar-refractivity contribution in [3.05, 3.63) is 56.1 Å². The molecule has 108 valence electrons. The Kier molecular flexibility index (Phi) is 3.61. The van der Waals surface area contributed by atoms with Crippen molar-refractivity contribution < 1.29 is 14.1 Å². The highest BCUT2D eigenvalue weighted by molar-refractivity contribution is 6.08. The Balaban J connectivity index is 2.39. The molecule has 0 aliphatic heterocycles. The molecule has 0 atom stereocenters. The van der Waals surface area contributed by atoms with E-state index in [0.29, 0.717) is 0 Å². The van der Waals surface area contributed by atoms with Crippen molar-refractivity contribution in [1.82, 2.24) is 10.2 Å². The first-order valence-corrected chi connectivity index (χ1v) is 5.49. The highest BCUT2D eigenvalue weighted by Crippen LogP contribution is 2.27. The fraction of sp³-hybridized carbons (Fsp3) is 0. The van der Waals surface area contributed by atoms with E-state index in [1.54, 1.807) is 0 Å². The van der Waals surface area contributed by atoms with Gasteiger partial charge in [-0.2, -0.15) is 5.10 Å². The summed E-state index contributed by atoms with van der Waals surface area (Å²) < 4.78 is 13.7. The predicted octanol–water partition coefficient (Wildman–Crippen LogP) is 0.652. The van der Waals surface area contributed by atoms with E-state index in [1.165, 1.54) is 6.07 Å². The van der Waals surface area contributed by atoms with Crippen molar-refractivity contribution in [2.24, 2.45) is 0 Å². The number of H-pyrrole nitrogens is 1. The molecule has 0 spiro atoms. The fourth-order valence-electron chi connectivity index (χ4n) is 1.56. The van der Waals surface area contributed by atoms with Crippen molar-refractivity contribution >= 4 is 23.1 Å². The number of nitrogens with two attached hydrogens (primary N) is 1. The number of aromatic amines is 1. The molecule has 21 heavy (non-hydrogen) atoms. The lowest BCUT2D eigenvalue weighted by molar-refractivity contribution is -0.384. The molecule has 1 aromatic heterocycles. The molecule has 1 aromatic carbocycles. The van der Waals surface area contributed by atoms with Gasteiger partial charge < -0.3 is 11.1 Å². The summed E-state index contributed by atoms with van der Waals surface area (Å²) in [6, 6.07) is 3.90. The number of nitrogens with one attached hydrogen (secondary N) is 2. The molecule has 9 nitrogen and oxygen atoms in total. The summed E-state index contributed by atoms with van der Waals surface area (Å²) in [5, 5.41) is 18.4. The van der Waals surface area contributed by atoms with Crippen LogP contribution in [0.4, 0.5) is 21.6 Å². The molecule has 2 aromatic rings. The van der Waals surface area contributed by atoms with Gasteiger partial charge >= 0.3 is 0 Å². The van der Waals surface area contributed by atoms with E-state index in [1.807, 2.05) is 0 Å². The zero-order valence-electron chi connectivity index (χ0n) is 10.3. The maximum atomic E-state index is 13.7. The number of nitrogens with zero attached hydrogens (tertiary/aromatic N) is 2. The zero-order valence-corrected chi connectivity index (χ0v) is 10.3. The topological polar surface area (TPSA) is 144 Å². The maximum absolute atomic E-state index is 13.7. The number of hydrogen-bond donors (Lipinski definition) is 3. The normalized spacial score (nSPS) is 10.1. The molecule has 0 aliphatic rings. The number of rotatable bonds is 3. The Bertz CT molecular complexity index is 768. The van der Waals surface area contributed by atoms with Crippen LogP contribution in [-0.2, 0) is 0 Å². The van der Waals surface area contributed by atoms with Gasteiger partial charge in [-0.1, -0.05) is 0 Å². The molecule has 0 saturated carbocycles. The van der Waals surface area contributed by atoms with Gasteiger partial charge in [0, 0.05) is 12.1 Å². The van der Waals surface area contributed by atoms with Gasteiger partial charge in [-0.25, -0.2) is 9.49 Å². The lowest BCUT2D eigenvalue weighted by Gasteiger charge is -2.07. The fourth-order valence-corrected chi connectivity index (χ4v) is 1.56. The summed E-state index contributed by atoms with van der Waals surface area (Å²) in [5.41, 5.74) is 3.10. The largest absolute Gasteiger partial charge is 0.392 e. The lowest BCUT2D eigenvalue weighted by atomic mass is 10.1. The number of aromatic nitrogens is 2. The summed E-state index contributed by atoms with van der Waals surface area (Å²) in [6.07, 6.45) is 0. The second-order valence-electron chi connectivity index (χ2n) is 3.87. The molecule has 0 saturated heterocycles. The van der Waals surface area contributed by atoms with Crippen molar-refractivity contribution in [2.45, 2.75) is 0 Å². The van der Waals surface area contributed by atoms with Crippen LogP contribution in [0.5, 0.6) is 0 Å². The molecular weight excluding hydrogens is 285 g/mol. The lowest BCUT2D eigenvalue weighted by Crippen LogP contribution is -2.19. The van der Waals surface area contributed by atoms with Crippen molar-refractivity contribution in [1.29, 1.82) is 0 Å². The average molecular weight is 293 g/mol. The molecule has 0 aliphatic carbocycles. The van der Waals surface area contributed by atoms with Crippen LogP contribution < -0.4 is 16.6 Å². The minimum atomic E-state index is -1.02. The summed E-state index contributed by atoms with van der Waals surface area (Å²) in [7, 11) is 0. The first-order valence-electron chi connectivity index (χ1n) is 5.49. The number of hydrogen-bond acceptors (Lipinski definition) is 6. The number of anilines is 2. The molecule has 2 rings (SSSR count). The van der Waals surface area contributed by atoms with Crippen LogP contribution in [0.3, 0.4) is 0 Å². The molecular formula is C11H8FN5O4. The first kappa shape index (κ1) is 14.1. The third kappa shape index (κ3) is 2.83. The number of carbonyl (C=O) groups excluding carboxylic acids is 1. The van der Waals surface area contributed by atoms with Crippen LogP contribution in [0.15, 0.2) is 29.1 Å². The molecule has 0 unspecified atom stereocenters. The number of nitro benzene ring substituents is 1. The van der Waals surface area contributed by atoms with Gasteiger partial charge in [0.1, 0.15) is 17.1 Å². The number of nitro groups is 1. The van der Waals surface area contributed by atoms with Crippen LogP contribution in [0.2, 0.25) is 0 Å². The highest BCUT2D eigenvalue weighted by atomic mass is 19.1. The summed E-state index contributed by atoms with van der Waals surface area (Å²) in [5.74, 6) is -2.10. The SMILES string of the molecule is Nc1c([N+](=O)[O-])ccc(F)c1C(=O)Nc1ccc(=O)[nH]n1. The number of carbonyl (C=O) groups is 1. The number of amides is 1. The van der Waals surface area contributed by atoms with E-state index in [2.05, 4.69) is 15.5 Å². The predicted molar refractivity (Wildman–Crippen MR) is 70.3 cm³/mol. The summed E-state index contributed by atoms with van der Waals surface area (Å²) in [4.78, 5) is 32.6. The zero-order chi connectivity index (χ0) is 15.6. The van der Waals surface area contributed by atoms with Gasteiger partial charge in [0.2, 0.25) is 0 Å². The van der Waals surface area contributed by atoms with Gasteiger partial charge in [-0.3, -0.25) is 19.7 Å². The van der Waals surface area contributed by atoms with E-state index in [0.717, 1.165) is 18.2 Å². The Morgan fingerprint density at radius 3 is 2.67 bits per heavy atom. The Morgan fingerprint density at radius 2 is 2.10 bits per heavy atom. The minimum Gasteiger partial charge on any atom is -0.392 e. The number of halogens is 1. The van der Waals surface area contributed by atoms with Gasteiger partial charge in [0.15, 0.2) is 5.82 Å². The van der Waals surface area contributed by atoms with Crippen molar-refractivity contribution in [3.8, 4) is 0 Å². The summed E-state index contributed by atoms with van der Waals surface area (Å²) in [6.45, 7) is 0. The molecule has 10 heteroatoms. The molecule has 1 heterocycles. The average Bonchev–Trinajstić information content (AvgIpc) is 2.41. The molecule has 4 N–H and O–H groups in total. The van der Waals surface area contributed by atoms with E-state index in [9.17, 15) is 24.1 Å². The van der Waals surface area contributed by atoms with E-state index in [4.69, 9.17) is 5.73 Å². The summed E-state index contributed by atoms with van der Waals surface area (Å²) >= 11 is 0. The third-order valence-corrected chi connectivity index (χ3v) is 2.52. The van der Waals surface area contributed by atoms with E-state index in [-0.39, 0.29) is 5.82 Å². The Morgan fingerprint density at radius 1 is 1.38 bits per heavy atom. The van der Waals surface area contributed by atoms with Crippen LogP contribution in [0, 0.1) is 15.9 Å². The van der Waals surface area contributed by atoms with Crippen LogP contribution in [0.25, 0.3) is 0 Å². The molecule has 1 amide bonds. The van der Waals surface area contributed by atoms with Gasteiger partial charge in [-0.05, 0) is 12.1 Å². The van der Waals surface area contributed by atoms with Crippen molar-refractivity contribution in [2.75, 3.05) is 11.1 Å². The smallest absolute Gasteiger partial charge is 0.293 e. The molecule has 0 bridgehead atoms. The van der Waals surface area contributed by atoms with Crippen LogP contribution in [-0.4, -0.2) is 21.0 Å². The standard InChI is InChI=1S/C11H8FN5O4/c12-5-1-2-6(17(20)21)10(13)9(5)11(19)14-7-3-4-8(18)16-15-7/h1-4H,13H2,(H,16,18)(H,14,15,19). The van der Waals surface area contributed by atoms with Gasteiger partial charge in [-0.15, -0.1) is 0 Å². The second kappa shape index (κ2) is 5.36. The van der Waals surface area contributed by atoms with Gasteiger partial charge in [0.25, 0.3) is 17.2 Å². The monoisotopic (exact) mass is 293 g/mol. The van der Waals surface area contributed by atoms with Crippen LogP contribution >= 0.6 is 0 Å². The molecule has 0 fully saturated rings. The quantitative estimate of drug-likeness (QED) is 0.430. The Labute approximate surface area is 115 Å². The van der Waals surface area contributed by atoms with Crippen molar-refractivity contribution in [3.63, 3.8) is 0 Å². The highest BCUT2D eigenvalue weighted by Gasteiger charge is 2.24. The third-order valence-electron chi connectivity index (χ3n) is 2.52. The van der Waals surface area contributed by atoms with Crippen LogP contribution in [0.1, 0.15) is 10.4 Å². The molecule has 0 radical (unpaired) electrons. The maximum Gasteiger partial charge on any atom is 0.293 e. The second-order valence-corrected chi connectivity index (χ2v) is 3.87. The Hall–Kier alpha value is -3.30. The first-order chi connectivity index (χ1) is 9.90. The minimum absolute atomic E-state index is 0.0649.